The second-order valence-electron chi connectivity index (χ2n) is 6.14. The zero-order chi connectivity index (χ0) is 21.2. The molecule has 0 heterocycles. The van der Waals surface area contributed by atoms with E-state index in [1.807, 2.05) is 6.92 Å². The van der Waals surface area contributed by atoms with E-state index in [4.69, 9.17) is 11.6 Å². The van der Waals surface area contributed by atoms with Crippen LogP contribution in [0.3, 0.4) is 0 Å². The zero-order valence-electron chi connectivity index (χ0n) is 15.2. The number of nitro benzene ring substituents is 1. The summed E-state index contributed by atoms with van der Waals surface area (Å²) in [5.74, 6) is -1.03. The maximum absolute atomic E-state index is 13.3. The molecule has 0 aliphatic heterocycles. The molecular formula is C20H15ClN2O5S. The average Bonchev–Trinajstić information content (AvgIpc) is 2.69. The van der Waals surface area contributed by atoms with E-state index >= 15 is 0 Å². The number of carbonyl (C=O) groups is 1. The van der Waals surface area contributed by atoms with E-state index in [0.717, 1.165) is 11.6 Å². The van der Waals surface area contributed by atoms with Crippen molar-refractivity contribution in [2.24, 2.45) is 0 Å². The number of nitrogens with zero attached hydrogens (tertiary/aromatic N) is 2. The lowest BCUT2D eigenvalue weighted by Gasteiger charge is -2.23. The number of amides is 1. The lowest BCUT2D eigenvalue weighted by molar-refractivity contribution is -0.385. The second-order valence-corrected chi connectivity index (χ2v) is 8.36. The number of aryl methyl sites for hydroxylation is 1. The van der Waals surface area contributed by atoms with Crippen molar-refractivity contribution in [3.63, 3.8) is 0 Å². The van der Waals surface area contributed by atoms with Gasteiger partial charge in [-0.2, -0.15) is 4.31 Å². The van der Waals surface area contributed by atoms with Crippen LogP contribution < -0.4 is 4.31 Å². The number of rotatable bonds is 5. The van der Waals surface area contributed by atoms with Crippen LogP contribution in [0, 0.1) is 17.0 Å². The molecular weight excluding hydrogens is 416 g/mol. The molecule has 0 radical (unpaired) electrons. The van der Waals surface area contributed by atoms with Crippen LogP contribution in [0.4, 0.5) is 11.4 Å². The lowest BCUT2D eigenvalue weighted by Crippen LogP contribution is -2.37. The van der Waals surface area contributed by atoms with E-state index < -0.39 is 26.5 Å². The van der Waals surface area contributed by atoms with Crippen molar-refractivity contribution >= 4 is 38.9 Å². The molecule has 0 spiro atoms. The molecule has 7 nitrogen and oxygen atoms in total. The number of carbonyl (C=O) groups excluding carboxylic acids is 1. The summed E-state index contributed by atoms with van der Waals surface area (Å²) in [4.78, 5) is 23.7. The van der Waals surface area contributed by atoms with Gasteiger partial charge in [-0.15, -0.1) is 0 Å². The van der Waals surface area contributed by atoms with Crippen molar-refractivity contribution in [2.45, 2.75) is 11.8 Å². The molecule has 0 fully saturated rings. The number of anilines is 1. The first-order valence-electron chi connectivity index (χ1n) is 8.37. The summed E-state index contributed by atoms with van der Waals surface area (Å²) in [6, 6.07) is 16.7. The Labute approximate surface area is 172 Å². The molecule has 3 rings (SSSR count). The summed E-state index contributed by atoms with van der Waals surface area (Å²) >= 11 is 5.84. The number of nitro groups is 1. The third kappa shape index (κ3) is 4.13. The molecule has 3 aromatic rings. The first-order chi connectivity index (χ1) is 13.7. The van der Waals surface area contributed by atoms with Gasteiger partial charge >= 0.3 is 0 Å². The van der Waals surface area contributed by atoms with Crippen molar-refractivity contribution in [3.8, 4) is 0 Å². The maximum atomic E-state index is 13.3. The molecule has 1 amide bonds. The molecule has 0 aromatic heterocycles. The van der Waals surface area contributed by atoms with E-state index in [0.29, 0.717) is 9.33 Å². The number of halogens is 1. The first-order valence-corrected chi connectivity index (χ1v) is 10.2. The van der Waals surface area contributed by atoms with E-state index in [9.17, 15) is 23.3 Å². The van der Waals surface area contributed by atoms with Crippen molar-refractivity contribution in [1.29, 1.82) is 0 Å². The zero-order valence-corrected chi connectivity index (χ0v) is 16.7. The Bertz CT molecular complexity index is 1180. The Morgan fingerprint density at radius 1 is 0.966 bits per heavy atom. The Balaban J connectivity index is 2.22. The summed E-state index contributed by atoms with van der Waals surface area (Å²) in [5.41, 5.74) is 0.0981. The highest BCUT2D eigenvalue weighted by Crippen LogP contribution is 2.29. The molecule has 29 heavy (non-hydrogen) atoms. The monoisotopic (exact) mass is 430 g/mol. The minimum absolute atomic E-state index is 0.0636. The largest absolute Gasteiger partial charge is 0.282 e. The number of benzene rings is 3. The SMILES string of the molecule is Cc1ccc(N(C(=O)c2ccccc2[N+](=O)[O-])S(=O)(=O)c2ccc(Cl)cc2)cc1. The molecule has 3 aromatic carbocycles. The predicted octanol–water partition coefficient (Wildman–Crippen LogP) is 4.59. The molecule has 0 aliphatic carbocycles. The van der Waals surface area contributed by atoms with Crippen molar-refractivity contribution in [2.75, 3.05) is 4.31 Å². The molecule has 0 aliphatic rings. The highest BCUT2D eigenvalue weighted by Gasteiger charge is 2.35. The van der Waals surface area contributed by atoms with Crippen LogP contribution in [0.2, 0.25) is 5.02 Å². The third-order valence-electron chi connectivity index (χ3n) is 4.14. The second kappa shape index (κ2) is 8.02. The van der Waals surface area contributed by atoms with Crippen LogP contribution in [0.25, 0.3) is 0 Å². The van der Waals surface area contributed by atoms with Crippen LogP contribution in [-0.2, 0) is 10.0 Å². The van der Waals surface area contributed by atoms with Gasteiger partial charge < -0.3 is 0 Å². The van der Waals surface area contributed by atoms with Crippen molar-refractivity contribution < 1.29 is 18.1 Å². The smallest absolute Gasteiger partial charge is 0.267 e. The van der Waals surface area contributed by atoms with Crippen LogP contribution in [-0.4, -0.2) is 19.2 Å². The van der Waals surface area contributed by atoms with Crippen LogP contribution in [0.15, 0.2) is 77.7 Å². The molecule has 0 unspecified atom stereocenters. The highest BCUT2D eigenvalue weighted by molar-refractivity contribution is 7.93. The van der Waals surface area contributed by atoms with Gasteiger partial charge in [0.2, 0.25) is 0 Å². The summed E-state index contributed by atoms with van der Waals surface area (Å²) in [6.45, 7) is 1.81. The van der Waals surface area contributed by atoms with Gasteiger partial charge in [0.05, 0.1) is 15.5 Å². The third-order valence-corrected chi connectivity index (χ3v) is 6.11. The quantitative estimate of drug-likeness (QED) is 0.435. The molecule has 0 saturated heterocycles. The van der Waals surface area contributed by atoms with Crippen molar-refractivity contribution in [1.82, 2.24) is 0 Å². The van der Waals surface area contributed by atoms with Crippen LogP contribution in [0.1, 0.15) is 15.9 Å². The Morgan fingerprint density at radius 2 is 1.55 bits per heavy atom. The van der Waals surface area contributed by atoms with E-state index in [-0.39, 0.29) is 16.1 Å². The van der Waals surface area contributed by atoms with E-state index in [1.54, 1.807) is 12.1 Å². The average molecular weight is 431 g/mol. The molecule has 0 N–H and O–H groups in total. The fraction of sp³-hybridized carbons (Fsp3) is 0.0500. The number of sulfonamides is 1. The van der Waals surface area contributed by atoms with Gasteiger partial charge in [0.1, 0.15) is 5.56 Å². The van der Waals surface area contributed by atoms with Gasteiger partial charge in [-0.25, -0.2) is 8.42 Å². The lowest BCUT2D eigenvalue weighted by atomic mass is 10.1. The summed E-state index contributed by atoms with van der Waals surface area (Å²) < 4.78 is 27.2. The molecule has 9 heteroatoms. The molecule has 148 valence electrons. The van der Waals surface area contributed by atoms with Crippen molar-refractivity contribution in [3.05, 3.63) is 99.1 Å². The van der Waals surface area contributed by atoms with Gasteiger partial charge in [-0.3, -0.25) is 14.9 Å². The first kappa shape index (κ1) is 20.5. The Morgan fingerprint density at radius 3 is 2.14 bits per heavy atom. The van der Waals surface area contributed by atoms with E-state index in [2.05, 4.69) is 0 Å². The molecule has 0 saturated carbocycles. The number of para-hydroxylation sites is 1. The van der Waals surface area contributed by atoms with Gasteiger partial charge in [-0.1, -0.05) is 41.4 Å². The minimum atomic E-state index is -4.37. The van der Waals surface area contributed by atoms with Gasteiger partial charge in [-0.05, 0) is 49.4 Å². The Kier molecular flexibility index (Phi) is 5.67. The highest BCUT2D eigenvalue weighted by atomic mass is 35.5. The van der Waals surface area contributed by atoms with Crippen LogP contribution in [0.5, 0.6) is 0 Å². The van der Waals surface area contributed by atoms with Gasteiger partial charge in [0.25, 0.3) is 21.6 Å². The Hall–Kier alpha value is -3.23. The maximum Gasteiger partial charge on any atom is 0.282 e. The summed E-state index contributed by atoms with van der Waals surface area (Å²) in [7, 11) is -4.37. The normalized spacial score (nSPS) is 11.1. The fourth-order valence-corrected chi connectivity index (χ4v) is 4.21. The number of hydrogen-bond acceptors (Lipinski definition) is 5. The van der Waals surface area contributed by atoms with Gasteiger partial charge in [0, 0.05) is 11.1 Å². The summed E-state index contributed by atoms with van der Waals surface area (Å²) in [6.07, 6.45) is 0. The molecule has 0 atom stereocenters. The van der Waals surface area contributed by atoms with Gasteiger partial charge in [0.15, 0.2) is 0 Å². The fourth-order valence-electron chi connectivity index (χ4n) is 2.68. The predicted molar refractivity (Wildman–Crippen MR) is 110 cm³/mol. The van der Waals surface area contributed by atoms with Crippen LogP contribution >= 0.6 is 11.6 Å². The number of hydrogen-bond donors (Lipinski definition) is 0. The van der Waals surface area contributed by atoms with E-state index in [1.165, 1.54) is 54.6 Å². The minimum Gasteiger partial charge on any atom is -0.267 e. The standard InChI is InChI=1S/C20H15ClN2O5S/c1-14-6-10-16(11-7-14)22(29(27,28)17-12-8-15(21)9-13-17)20(24)18-4-2-3-5-19(18)23(25)26/h2-13H,1H3. The molecule has 0 bridgehead atoms. The topological polar surface area (TPSA) is 97.6 Å². The summed E-state index contributed by atoms with van der Waals surface area (Å²) in [5, 5.41) is 11.7.